The summed E-state index contributed by atoms with van der Waals surface area (Å²) in [5.74, 6) is 5.03. The Kier molecular flexibility index (Phi) is 8.00. The van der Waals surface area contributed by atoms with E-state index in [0.29, 0.717) is 17.7 Å². The minimum atomic E-state index is -0.614. The van der Waals surface area contributed by atoms with Crippen molar-refractivity contribution in [2.45, 2.75) is 58.9 Å². The summed E-state index contributed by atoms with van der Waals surface area (Å²) in [5.41, 5.74) is 2.38. The van der Waals surface area contributed by atoms with Crippen molar-refractivity contribution >= 4 is 11.8 Å². The number of nitrogens with one attached hydrogen (secondary N) is 1. The van der Waals surface area contributed by atoms with Crippen molar-refractivity contribution in [2.75, 3.05) is 7.11 Å². The fraction of sp³-hybridized carbons (Fsp3) is 0.500. The van der Waals surface area contributed by atoms with Crippen molar-refractivity contribution in [1.82, 2.24) is 10.4 Å². The van der Waals surface area contributed by atoms with E-state index in [1.54, 1.807) is 24.3 Å². The van der Waals surface area contributed by atoms with Gasteiger partial charge in [0.15, 0.2) is 0 Å². The van der Waals surface area contributed by atoms with E-state index in [0.717, 1.165) is 19.3 Å². The van der Waals surface area contributed by atoms with E-state index >= 15 is 0 Å². The number of hydrogen-bond acceptors (Lipinski definition) is 3. The highest BCUT2D eigenvalue weighted by atomic mass is 16.5. The molecule has 1 rings (SSSR count). The fourth-order valence-electron chi connectivity index (χ4n) is 2.20. The minimum Gasteiger partial charge on any atom is -0.496 e. The third kappa shape index (κ3) is 6.50. The maximum Gasteiger partial charge on any atom is 0.314 e. The van der Waals surface area contributed by atoms with Crippen molar-refractivity contribution in [1.29, 1.82) is 0 Å². The molecule has 25 heavy (non-hydrogen) atoms. The van der Waals surface area contributed by atoms with Crippen LogP contribution in [0, 0.1) is 11.8 Å². The number of para-hydroxylation sites is 1. The van der Waals surface area contributed by atoms with Crippen LogP contribution in [0.4, 0.5) is 0 Å². The molecule has 0 aliphatic heterocycles. The molecule has 0 radical (unpaired) electrons. The highest BCUT2D eigenvalue weighted by Gasteiger charge is 2.30. The first-order chi connectivity index (χ1) is 11.8. The van der Waals surface area contributed by atoms with Gasteiger partial charge in [0, 0.05) is 6.42 Å². The van der Waals surface area contributed by atoms with Gasteiger partial charge in [-0.1, -0.05) is 37.8 Å². The number of ether oxygens (including phenoxy) is 1. The molecule has 0 fully saturated rings. The number of amides is 2. The summed E-state index contributed by atoms with van der Waals surface area (Å²) in [6.45, 7) is 7.64. The van der Waals surface area contributed by atoms with E-state index < -0.39 is 11.4 Å². The number of carbonyl (C=O) groups excluding carboxylic acids is 2. The van der Waals surface area contributed by atoms with Crippen molar-refractivity contribution in [2.24, 2.45) is 0 Å². The summed E-state index contributed by atoms with van der Waals surface area (Å²) < 4.78 is 5.25. The number of hydrogen-bond donors (Lipinski definition) is 1. The van der Waals surface area contributed by atoms with Crippen molar-refractivity contribution < 1.29 is 14.3 Å². The van der Waals surface area contributed by atoms with E-state index in [-0.39, 0.29) is 5.91 Å². The Hall–Kier alpha value is -2.48. The van der Waals surface area contributed by atoms with Crippen LogP contribution in [-0.4, -0.2) is 29.5 Å². The van der Waals surface area contributed by atoms with E-state index in [2.05, 4.69) is 24.2 Å². The van der Waals surface area contributed by atoms with Crippen LogP contribution in [0.1, 0.15) is 63.7 Å². The third-order valence-corrected chi connectivity index (χ3v) is 3.53. The Balaban J connectivity index is 2.91. The van der Waals surface area contributed by atoms with Gasteiger partial charge in [-0.25, -0.2) is 5.01 Å². The molecule has 136 valence electrons. The number of hydrazine groups is 1. The molecule has 0 saturated heterocycles. The van der Waals surface area contributed by atoms with Gasteiger partial charge in [-0.15, -0.1) is 0 Å². The maximum atomic E-state index is 12.9. The normalized spacial score (nSPS) is 10.4. The molecular formula is C20H28N2O3. The summed E-state index contributed by atoms with van der Waals surface area (Å²) in [7, 11) is 1.51. The van der Waals surface area contributed by atoms with Crippen LogP contribution >= 0.6 is 0 Å². The second-order valence-electron chi connectivity index (χ2n) is 6.71. The van der Waals surface area contributed by atoms with Crippen molar-refractivity contribution in [3.05, 3.63) is 29.8 Å². The van der Waals surface area contributed by atoms with Gasteiger partial charge in [-0.05, 0) is 45.2 Å². The Morgan fingerprint density at radius 2 is 1.88 bits per heavy atom. The average molecular weight is 344 g/mol. The zero-order chi connectivity index (χ0) is 18.9. The number of rotatable bonds is 5. The van der Waals surface area contributed by atoms with Gasteiger partial charge in [0.2, 0.25) is 0 Å². The number of carbonyl (C=O) groups is 2. The van der Waals surface area contributed by atoms with Crippen LogP contribution in [-0.2, 0) is 4.79 Å². The zero-order valence-electron chi connectivity index (χ0n) is 15.8. The Morgan fingerprint density at radius 1 is 1.20 bits per heavy atom. The van der Waals surface area contributed by atoms with Gasteiger partial charge in [0.1, 0.15) is 5.75 Å². The molecule has 0 aliphatic rings. The van der Waals surface area contributed by atoms with Gasteiger partial charge < -0.3 is 4.74 Å². The molecule has 0 saturated carbocycles. The molecule has 0 bridgehead atoms. The van der Waals surface area contributed by atoms with Gasteiger partial charge in [0.25, 0.3) is 5.91 Å². The fourth-order valence-corrected chi connectivity index (χ4v) is 2.20. The van der Waals surface area contributed by atoms with Crippen molar-refractivity contribution in [3.8, 4) is 17.6 Å². The summed E-state index contributed by atoms with van der Waals surface area (Å²) in [5, 5.41) is 1.30. The molecule has 0 aliphatic carbocycles. The van der Waals surface area contributed by atoms with E-state index in [1.807, 2.05) is 20.8 Å². The third-order valence-electron chi connectivity index (χ3n) is 3.53. The predicted molar refractivity (Wildman–Crippen MR) is 99.0 cm³/mol. The lowest BCUT2D eigenvalue weighted by Crippen LogP contribution is -2.55. The average Bonchev–Trinajstić information content (AvgIpc) is 2.58. The zero-order valence-corrected chi connectivity index (χ0v) is 15.8. The molecule has 0 unspecified atom stereocenters. The second kappa shape index (κ2) is 9.73. The lowest BCUT2D eigenvalue weighted by Gasteiger charge is -2.35. The largest absolute Gasteiger partial charge is 0.496 e. The lowest BCUT2D eigenvalue weighted by atomic mass is 10.1. The molecule has 0 atom stereocenters. The SMILES string of the molecule is CCCCCC#CC(=O)NN(C(=O)c1ccccc1OC)C(C)(C)C. The second-order valence-corrected chi connectivity index (χ2v) is 6.71. The van der Waals surface area contributed by atoms with E-state index in [9.17, 15) is 9.59 Å². The first-order valence-electron chi connectivity index (χ1n) is 8.58. The van der Waals surface area contributed by atoms with Gasteiger partial charge in [-0.3, -0.25) is 15.0 Å². The van der Waals surface area contributed by atoms with Gasteiger partial charge in [0.05, 0.1) is 18.2 Å². The molecule has 5 heteroatoms. The molecule has 2 amide bonds. The summed E-state index contributed by atoms with van der Waals surface area (Å²) in [6.07, 6.45) is 3.85. The van der Waals surface area contributed by atoms with Crippen LogP contribution in [0.5, 0.6) is 5.75 Å². The predicted octanol–water partition coefficient (Wildman–Crippen LogP) is 3.55. The Morgan fingerprint density at radius 3 is 2.48 bits per heavy atom. The van der Waals surface area contributed by atoms with Crippen LogP contribution in [0.25, 0.3) is 0 Å². The maximum absolute atomic E-state index is 12.9. The number of benzene rings is 1. The van der Waals surface area contributed by atoms with E-state index in [4.69, 9.17) is 4.74 Å². The summed E-state index contributed by atoms with van der Waals surface area (Å²) in [4.78, 5) is 25.0. The highest BCUT2D eigenvalue weighted by molar-refractivity contribution is 6.00. The number of methoxy groups -OCH3 is 1. The van der Waals surface area contributed by atoms with Crippen LogP contribution in [0.2, 0.25) is 0 Å². The monoisotopic (exact) mass is 344 g/mol. The quantitative estimate of drug-likeness (QED) is 0.505. The van der Waals surface area contributed by atoms with Crippen LogP contribution in [0.3, 0.4) is 0 Å². The topological polar surface area (TPSA) is 58.6 Å². The highest BCUT2D eigenvalue weighted by Crippen LogP contribution is 2.22. The molecule has 0 aromatic heterocycles. The number of nitrogens with zero attached hydrogens (tertiary/aromatic N) is 1. The van der Waals surface area contributed by atoms with Gasteiger partial charge in [-0.2, -0.15) is 0 Å². The van der Waals surface area contributed by atoms with Crippen LogP contribution < -0.4 is 10.2 Å². The molecule has 1 N–H and O–H groups in total. The summed E-state index contributed by atoms with van der Waals surface area (Å²) in [6, 6.07) is 6.93. The van der Waals surface area contributed by atoms with Crippen LogP contribution in [0.15, 0.2) is 24.3 Å². The molecule has 0 heterocycles. The lowest BCUT2D eigenvalue weighted by molar-refractivity contribution is -0.121. The van der Waals surface area contributed by atoms with Crippen molar-refractivity contribution in [3.63, 3.8) is 0 Å². The number of unbranched alkanes of at least 4 members (excludes halogenated alkanes) is 3. The molecule has 5 nitrogen and oxygen atoms in total. The van der Waals surface area contributed by atoms with Gasteiger partial charge >= 0.3 is 5.91 Å². The first-order valence-corrected chi connectivity index (χ1v) is 8.58. The molecular weight excluding hydrogens is 316 g/mol. The Labute approximate surface area is 150 Å². The summed E-state index contributed by atoms with van der Waals surface area (Å²) >= 11 is 0. The minimum absolute atomic E-state index is 0.342. The Bertz CT molecular complexity index is 651. The first kappa shape index (κ1) is 20.6. The molecule has 0 spiro atoms. The standard InChI is InChI=1S/C20H28N2O3/c1-6-7-8-9-10-15-18(23)21-22(20(2,3)4)19(24)16-13-11-12-14-17(16)25-5/h11-14H,6-9H2,1-5H3,(H,21,23). The molecule has 1 aromatic rings. The van der Waals surface area contributed by atoms with E-state index in [1.165, 1.54) is 12.1 Å². The molecule has 1 aromatic carbocycles. The smallest absolute Gasteiger partial charge is 0.314 e.